The zero-order valence-electron chi connectivity index (χ0n) is 10.7. The summed E-state index contributed by atoms with van der Waals surface area (Å²) in [4.78, 5) is 27.2. The van der Waals surface area contributed by atoms with Gasteiger partial charge in [0.15, 0.2) is 5.78 Å². The van der Waals surface area contributed by atoms with E-state index < -0.39 is 6.03 Å². The minimum absolute atomic E-state index is 0.0541. The van der Waals surface area contributed by atoms with Crippen molar-refractivity contribution in [3.05, 3.63) is 52.6 Å². The molecule has 0 unspecified atom stereocenters. The largest absolute Gasteiger partial charge is 0.324 e. The van der Waals surface area contributed by atoms with E-state index in [9.17, 15) is 9.59 Å². The molecule has 6 heteroatoms. The van der Waals surface area contributed by atoms with Gasteiger partial charge in [-0.1, -0.05) is 12.1 Å². The molecule has 1 heterocycles. The lowest BCUT2D eigenvalue weighted by molar-refractivity contribution is 0.101. The van der Waals surface area contributed by atoms with Gasteiger partial charge in [-0.05, 0) is 47.1 Å². The number of nitrogens with one attached hydrogen (secondary N) is 2. The number of benzene rings is 1. The number of rotatable bonds is 3. The first kappa shape index (κ1) is 14.2. The van der Waals surface area contributed by atoms with Crippen molar-refractivity contribution in [1.29, 1.82) is 0 Å². The second kappa shape index (κ2) is 6.29. The van der Waals surface area contributed by atoms with Gasteiger partial charge in [-0.25, -0.2) is 9.78 Å². The molecule has 0 fully saturated rings. The highest BCUT2D eigenvalue weighted by atomic mass is 79.9. The van der Waals surface area contributed by atoms with Crippen LogP contribution in [0.4, 0.5) is 16.3 Å². The molecule has 0 aliphatic rings. The highest BCUT2D eigenvalue weighted by molar-refractivity contribution is 9.10. The van der Waals surface area contributed by atoms with Crippen LogP contribution in [0.2, 0.25) is 0 Å². The van der Waals surface area contributed by atoms with Crippen molar-refractivity contribution < 1.29 is 9.59 Å². The third-order valence-corrected chi connectivity index (χ3v) is 3.16. The minimum atomic E-state index is -0.426. The van der Waals surface area contributed by atoms with Gasteiger partial charge in [0.25, 0.3) is 0 Å². The molecule has 0 saturated carbocycles. The van der Waals surface area contributed by atoms with Crippen molar-refractivity contribution in [2.45, 2.75) is 6.92 Å². The highest BCUT2D eigenvalue weighted by Gasteiger charge is 2.07. The Bertz CT molecular complexity index is 658. The molecule has 2 N–H and O–H groups in total. The van der Waals surface area contributed by atoms with E-state index >= 15 is 0 Å². The monoisotopic (exact) mass is 333 g/mol. The summed E-state index contributed by atoms with van der Waals surface area (Å²) in [5.41, 5.74) is 1.09. The molecule has 2 aromatic rings. The van der Waals surface area contributed by atoms with Crippen molar-refractivity contribution in [1.82, 2.24) is 4.98 Å². The molecule has 5 nitrogen and oxygen atoms in total. The smallest absolute Gasteiger partial charge is 0.308 e. The first-order chi connectivity index (χ1) is 9.56. The number of urea groups is 1. The second-order valence-electron chi connectivity index (χ2n) is 4.05. The summed E-state index contributed by atoms with van der Waals surface area (Å²) in [6, 6.07) is 9.84. The number of halogens is 1. The van der Waals surface area contributed by atoms with Crippen LogP contribution in [-0.2, 0) is 0 Å². The minimum Gasteiger partial charge on any atom is -0.308 e. The standard InChI is InChI=1S/C14H12BrN3O2/c1-9(19)10-4-2-5-11(8-10)17-14(20)18-13-12(15)6-3-7-16-13/h2-8H,1H3,(H2,16,17,18,20). The van der Waals surface area contributed by atoms with Gasteiger partial charge in [0.05, 0.1) is 4.47 Å². The Morgan fingerprint density at radius 1 is 1.15 bits per heavy atom. The van der Waals surface area contributed by atoms with Gasteiger partial charge in [0.1, 0.15) is 5.82 Å². The average Bonchev–Trinajstić information content (AvgIpc) is 2.41. The van der Waals surface area contributed by atoms with Crippen LogP contribution in [0.25, 0.3) is 0 Å². The van der Waals surface area contributed by atoms with Crippen LogP contribution in [0.1, 0.15) is 17.3 Å². The Morgan fingerprint density at radius 3 is 2.65 bits per heavy atom. The molecule has 0 spiro atoms. The number of anilines is 2. The number of nitrogens with zero attached hydrogens (tertiary/aromatic N) is 1. The summed E-state index contributed by atoms with van der Waals surface area (Å²) in [5.74, 6) is 0.370. The average molecular weight is 334 g/mol. The van der Waals surface area contributed by atoms with Gasteiger partial charge < -0.3 is 5.32 Å². The highest BCUT2D eigenvalue weighted by Crippen LogP contribution is 2.18. The van der Waals surface area contributed by atoms with Crippen LogP contribution >= 0.6 is 15.9 Å². The first-order valence-corrected chi connectivity index (χ1v) is 6.65. The first-order valence-electron chi connectivity index (χ1n) is 5.86. The predicted molar refractivity (Wildman–Crippen MR) is 81.0 cm³/mol. The van der Waals surface area contributed by atoms with E-state index in [1.165, 1.54) is 6.92 Å². The summed E-state index contributed by atoms with van der Waals surface area (Å²) in [6.07, 6.45) is 1.58. The molecule has 2 amide bonds. The molecule has 0 aliphatic carbocycles. The zero-order chi connectivity index (χ0) is 14.5. The Labute approximate surface area is 124 Å². The fourth-order valence-electron chi connectivity index (χ4n) is 1.56. The molecular formula is C14H12BrN3O2. The molecule has 0 aliphatic heterocycles. The molecule has 2 rings (SSSR count). The van der Waals surface area contributed by atoms with E-state index in [-0.39, 0.29) is 5.78 Å². The molecule has 0 saturated heterocycles. The number of hydrogen-bond donors (Lipinski definition) is 2. The Balaban J connectivity index is 2.07. The maximum absolute atomic E-state index is 11.8. The Kier molecular flexibility index (Phi) is 4.47. The Morgan fingerprint density at radius 2 is 1.95 bits per heavy atom. The number of pyridine rings is 1. The third kappa shape index (κ3) is 3.64. The van der Waals surface area contributed by atoms with Gasteiger partial charge in [-0.3, -0.25) is 10.1 Å². The third-order valence-electron chi connectivity index (χ3n) is 2.52. The maximum Gasteiger partial charge on any atom is 0.324 e. The quantitative estimate of drug-likeness (QED) is 0.841. The number of carbonyl (C=O) groups excluding carboxylic acids is 2. The number of aromatic nitrogens is 1. The van der Waals surface area contributed by atoms with Crippen molar-refractivity contribution in [2.75, 3.05) is 10.6 Å². The fourth-order valence-corrected chi connectivity index (χ4v) is 1.92. The normalized spacial score (nSPS) is 9.90. The van der Waals surface area contributed by atoms with Crippen molar-refractivity contribution in [2.24, 2.45) is 0 Å². The van der Waals surface area contributed by atoms with Gasteiger partial charge in [-0.2, -0.15) is 0 Å². The predicted octanol–water partition coefficient (Wildman–Crippen LogP) is 3.69. The van der Waals surface area contributed by atoms with Crippen LogP contribution in [0.15, 0.2) is 47.1 Å². The number of amides is 2. The van der Waals surface area contributed by atoms with Crippen LogP contribution in [0, 0.1) is 0 Å². The van der Waals surface area contributed by atoms with Crippen molar-refractivity contribution >= 4 is 39.2 Å². The lowest BCUT2D eigenvalue weighted by Crippen LogP contribution is -2.20. The lowest BCUT2D eigenvalue weighted by Gasteiger charge is -2.08. The number of ketones is 1. The van der Waals surface area contributed by atoms with Crippen LogP contribution in [0.3, 0.4) is 0 Å². The van der Waals surface area contributed by atoms with E-state index in [0.717, 1.165) is 0 Å². The van der Waals surface area contributed by atoms with E-state index in [4.69, 9.17) is 0 Å². The molecule has 102 valence electrons. The van der Waals surface area contributed by atoms with E-state index in [1.54, 1.807) is 42.6 Å². The molecule has 0 bridgehead atoms. The number of carbonyl (C=O) groups is 2. The summed E-state index contributed by atoms with van der Waals surface area (Å²) < 4.78 is 0.688. The van der Waals surface area contributed by atoms with Gasteiger partial charge >= 0.3 is 6.03 Å². The maximum atomic E-state index is 11.8. The van der Waals surface area contributed by atoms with E-state index in [1.807, 2.05) is 0 Å². The van der Waals surface area contributed by atoms with Gasteiger partial charge in [0, 0.05) is 17.4 Å². The molecule has 1 aromatic carbocycles. The summed E-state index contributed by atoms with van der Waals surface area (Å²) in [7, 11) is 0. The topological polar surface area (TPSA) is 71.1 Å². The molecular weight excluding hydrogens is 322 g/mol. The van der Waals surface area contributed by atoms with E-state index in [2.05, 4.69) is 31.5 Å². The molecule has 0 radical (unpaired) electrons. The number of Topliss-reactive ketones (excluding diaryl/α,β-unsaturated/α-hetero) is 1. The van der Waals surface area contributed by atoms with Gasteiger partial charge in [0.2, 0.25) is 0 Å². The van der Waals surface area contributed by atoms with Crippen LogP contribution < -0.4 is 10.6 Å². The zero-order valence-corrected chi connectivity index (χ0v) is 12.3. The van der Waals surface area contributed by atoms with E-state index in [0.29, 0.717) is 21.5 Å². The van der Waals surface area contributed by atoms with Crippen molar-refractivity contribution in [3.63, 3.8) is 0 Å². The summed E-state index contributed by atoms with van der Waals surface area (Å²) in [5, 5.41) is 5.26. The molecule has 1 aromatic heterocycles. The second-order valence-corrected chi connectivity index (χ2v) is 4.90. The van der Waals surface area contributed by atoms with Crippen molar-refractivity contribution in [3.8, 4) is 0 Å². The summed E-state index contributed by atoms with van der Waals surface area (Å²) >= 11 is 3.29. The van der Waals surface area contributed by atoms with Crippen LogP contribution in [-0.4, -0.2) is 16.8 Å². The Hall–Kier alpha value is -2.21. The summed E-state index contributed by atoms with van der Waals surface area (Å²) in [6.45, 7) is 1.48. The number of hydrogen-bond acceptors (Lipinski definition) is 3. The van der Waals surface area contributed by atoms with Crippen LogP contribution in [0.5, 0.6) is 0 Å². The molecule has 20 heavy (non-hydrogen) atoms. The SMILES string of the molecule is CC(=O)c1cccc(NC(=O)Nc2ncccc2Br)c1. The lowest BCUT2D eigenvalue weighted by atomic mass is 10.1. The van der Waals surface area contributed by atoms with Gasteiger partial charge in [-0.15, -0.1) is 0 Å². The fraction of sp³-hybridized carbons (Fsp3) is 0.0714. The molecule has 0 atom stereocenters.